The molecule has 2 aromatic rings. The van der Waals surface area contributed by atoms with E-state index in [0.29, 0.717) is 22.7 Å². The number of carbonyl (C=O) groups is 1. The summed E-state index contributed by atoms with van der Waals surface area (Å²) in [5, 5.41) is 16.2. The fourth-order valence-corrected chi connectivity index (χ4v) is 2.34. The first kappa shape index (κ1) is 16.4. The van der Waals surface area contributed by atoms with Crippen LogP contribution in [0.5, 0.6) is 0 Å². The van der Waals surface area contributed by atoms with E-state index in [4.69, 9.17) is 4.42 Å². The molecule has 25 heavy (non-hydrogen) atoms. The number of hydrazone groups is 1. The van der Waals surface area contributed by atoms with Crippen LogP contribution in [0.15, 0.2) is 63.6 Å². The van der Waals surface area contributed by atoms with E-state index in [1.165, 1.54) is 17.1 Å². The van der Waals surface area contributed by atoms with Gasteiger partial charge in [0.2, 0.25) is 0 Å². The maximum atomic E-state index is 12.5. The van der Waals surface area contributed by atoms with Gasteiger partial charge >= 0.3 is 5.88 Å². The molecule has 1 aromatic carbocycles. The lowest BCUT2D eigenvalue weighted by Crippen LogP contribution is -2.21. The van der Waals surface area contributed by atoms with Crippen LogP contribution in [0.1, 0.15) is 18.2 Å². The molecule has 0 atom stereocenters. The minimum Gasteiger partial charge on any atom is -0.401 e. The second kappa shape index (κ2) is 6.56. The van der Waals surface area contributed by atoms with Crippen LogP contribution in [-0.4, -0.2) is 16.5 Å². The number of allylic oxidation sites excluding steroid dienone is 2. The van der Waals surface area contributed by atoms with E-state index >= 15 is 0 Å². The van der Waals surface area contributed by atoms with E-state index in [9.17, 15) is 14.9 Å². The molecular weight excluding hydrogens is 322 g/mol. The molecule has 0 fully saturated rings. The number of aryl methyl sites for hydroxylation is 1. The van der Waals surface area contributed by atoms with Gasteiger partial charge in [-0.05, 0) is 44.2 Å². The minimum atomic E-state index is -0.605. The fraction of sp³-hybridized carbons (Fsp3) is 0.111. The molecule has 1 aliphatic rings. The number of nitro groups is 1. The molecule has 0 aliphatic carbocycles. The molecular formula is C18H15N3O4. The molecule has 0 unspecified atom stereocenters. The van der Waals surface area contributed by atoms with E-state index in [-0.39, 0.29) is 11.8 Å². The Morgan fingerprint density at radius 3 is 2.52 bits per heavy atom. The second-order valence-electron chi connectivity index (χ2n) is 5.51. The van der Waals surface area contributed by atoms with E-state index in [2.05, 4.69) is 5.10 Å². The summed E-state index contributed by atoms with van der Waals surface area (Å²) >= 11 is 0. The third-order valence-corrected chi connectivity index (χ3v) is 3.66. The smallest absolute Gasteiger partial charge is 0.401 e. The maximum absolute atomic E-state index is 12.5. The number of benzene rings is 1. The van der Waals surface area contributed by atoms with E-state index in [1.54, 1.807) is 25.2 Å². The Hall–Kier alpha value is -3.48. The van der Waals surface area contributed by atoms with Crippen molar-refractivity contribution in [2.24, 2.45) is 5.10 Å². The number of nitrogens with zero attached hydrogens (tertiary/aromatic N) is 3. The Labute approximate surface area is 143 Å². The van der Waals surface area contributed by atoms with Gasteiger partial charge in [0.1, 0.15) is 10.7 Å². The minimum absolute atomic E-state index is 0.226. The molecule has 0 N–H and O–H groups in total. The number of amides is 1. The van der Waals surface area contributed by atoms with Crippen molar-refractivity contribution in [2.45, 2.75) is 13.8 Å². The van der Waals surface area contributed by atoms with Gasteiger partial charge in [0, 0.05) is 0 Å². The normalized spacial score (nSPS) is 16.1. The Kier molecular flexibility index (Phi) is 4.30. The van der Waals surface area contributed by atoms with Gasteiger partial charge in [-0.15, -0.1) is 0 Å². The van der Waals surface area contributed by atoms with Gasteiger partial charge in [0.05, 0.1) is 23.0 Å². The zero-order valence-corrected chi connectivity index (χ0v) is 13.7. The van der Waals surface area contributed by atoms with Crippen LogP contribution in [0.25, 0.3) is 6.08 Å². The van der Waals surface area contributed by atoms with Gasteiger partial charge in [0.25, 0.3) is 5.91 Å². The average Bonchev–Trinajstić information content (AvgIpc) is 3.15. The largest absolute Gasteiger partial charge is 0.433 e. The van der Waals surface area contributed by atoms with E-state index < -0.39 is 4.92 Å². The quantitative estimate of drug-likeness (QED) is 0.481. The van der Waals surface area contributed by atoms with Crippen LogP contribution < -0.4 is 5.01 Å². The van der Waals surface area contributed by atoms with Crippen LogP contribution in [0, 0.1) is 17.0 Å². The topological polar surface area (TPSA) is 89.0 Å². The fourth-order valence-electron chi connectivity index (χ4n) is 2.34. The highest BCUT2D eigenvalue weighted by Gasteiger charge is 2.28. The summed E-state index contributed by atoms with van der Waals surface area (Å²) in [6.07, 6.45) is 4.77. The van der Waals surface area contributed by atoms with Crippen molar-refractivity contribution < 1.29 is 14.1 Å². The summed E-state index contributed by atoms with van der Waals surface area (Å²) in [7, 11) is 0. The number of rotatable bonds is 4. The third kappa shape index (κ3) is 3.40. The molecule has 3 rings (SSSR count). The molecule has 1 amide bonds. The van der Waals surface area contributed by atoms with Crippen LogP contribution in [0.4, 0.5) is 11.6 Å². The van der Waals surface area contributed by atoms with Crippen molar-refractivity contribution in [1.29, 1.82) is 0 Å². The molecule has 7 nitrogen and oxygen atoms in total. The first-order valence-corrected chi connectivity index (χ1v) is 7.55. The van der Waals surface area contributed by atoms with Crippen molar-refractivity contribution in [3.05, 3.63) is 75.6 Å². The Morgan fingerprint density at radius 2 is 1.88 bits per heavy atom. The number of anilines is 1. The zero-order chi connectivity index (χ0) is 18.0. The lowest BCUT2D eigenvalue weighted by Gasteiger charge is -2.11. The average molecular weight is 337 g/mol. The summed E-state index contributed by atoms with van der Waals surface area (Å²) in [6.45, 7) is 3.72. The molecule has 126 valence electrons. The van der Waals surface area contributed by atoms with Crippen LogP contribution in [0.2, 0.25) is 0 Å². The zero-order valence-electron chi connectivity index (χ0n) is 13.7. The molecule has 0 spiro atoms. The highest BCUT2D eigenvalue weighted by atomic mass is 16.6. The number of hydrogen-bond acceptors (Lipinski definition) is 5. The highest BCUT2D eigenvalue weighted by Crippen LogP contribution is 2.24. The predicted octanol–water partition coefficient (Wildman–Crippen LogP) is 3.86. The van der Waals surface area contributed by atoms with Gasteiger partial charge in [0.15, 0.2) is 0 Å². The van der Waals surface area contributed by atoms with Gasteiger partial charge in [-0.25, -0.2) is 0 Å². The molecule has 0 bridgehead atoms. The van der Waals surface area contributed by atoms with Crippen LogP contribution >= 0.6 is 0 Å². The summed E-state index contributed by atoms with van der Waals surface area (Å²) in [6, 6.07) is 10.3. The first-order chi connectivity index (χ1) is 12.0. The van der Waals surface area contributed by atoms with Crippen molar-refractivity contribution in [3.63, 3.8) is 0 Å². The predicted molar refractivity (Wildman–Crippen MR) is 94.3 cm³/mol. The Morgan fingerprint density at radius 1 is 1.16 bits per heavy atom. The van der Waals surface area contributed by atoms with Gasteiger partial charge in [-0.3, -0.25) is 14.9 Å². The number of carbonyl (C=O) groups excluding carboxylic acids is 1. The highest BCUT2D eigenvalue weighted by molar-refractivity contribution is 6.29. The van der Waals surface area contributed by atoms with E-state index in [0.717, 1.165) is 5.56 Å². The third-order valence-electron chi connectivity index (χ3n) is 3.66. The van der Waals surface area contributed by atoms with Crippen molar-refractivity contribution in [3.8, 4) is 0 Å². The molecule has 0 radical (unpaired) electrons. The summed E-state index contributed by atoms with van der Waals surface area (Å²) in [4.78, 5) is 22.5. The lowest BCUT2D eigenvalue weighted by molar-refractivity contribution is -0.402. The summed E-state index contributed by atoms with van der Waals surface area (Å²) < 4.78 is 5.02. The Balaban J connectivity index is 1.78. The van der Waals surface area contributed by atoms with Gasteiger partial charge in [-0.2, -0.15) is 10.1 Å². The molecule has 2 heterocycles. The van der Waals surface area contributed by atoms with Gasteiger partial charge in [-0.1, -0.05) is 23.8 Å². The monoisotopic (exact) mass is 337 g/mol. The molecule has 7 heteroatoms. The molecule has 1 aliphatic heterocycles. The van der Waals surface area contributed by atoms with E-state index in [1.807, 2.05) is 31.2 Å². The SMILES string of the molecule is CC1=NN(c2ccc(C)cc2)C(=O)/C1=C/C=C/c1ccc([N+](=O)[O-])o1. The second-order valence-corrected chi connectivity index (χ2v) is 5.51. The van der Waals surface area contributed by atoms with Crippen LogP contribution in [-0.2, 0) is 4.79 Å². The number of furan rings is 1. The Bertz CT molecular complexity index is 920. The molecule has 0 saturated carbocycles. The molecule has 1 aromatic heterocycles. The standard InChI is InChI=1S/C18H15N3O4/c1-12-6-8-14(9-7-12)20-18(22)16(13(2)19-20)5-3-4-15-10-11-17(25-15)21(23)24/h3-11H,1-2H3/b4-3+,16-5+. The summed E-state index contributed by atoms with van der Waals surface area (Å²) in [5.41, 5.74) is 2.85. The first-order valence-electron chi connectivity index (χ1n) is 7.55. The van der Waals surface area contributed by atoms with Crippen molar-refractivity contribution in [1.82, 2.24) is 0 Å². The summed E-state index contributed by atoms with van der Waals surface area (Å²) in [5.74, 6) is -0.219. The van der Waals surface area contributed by atoms with Crippen molar-refractivity contribution >= 4 is 29.3 Å². The lowest BCUT2D eigenvalue weighted by atomic mass is 10.1. The molecule has 0 saturated heterocycles. The number of hydrogen-bond donors (Lipinski definition) is 0. The van der Waals surface area contributed by atoms with Crippen molar-refractivity contribution in [2.75, 3.05) is 5.01 Å². The van der Waals surface area contributed by atoms with Crippen LogP contribution in [0.3, 0.4) is 0 Å². The van der Waals surface area contributed by atoms with Gasteiger partial charge < -0.3 is 4.42 Å². The maximum Gasteiger partial charge on any atom is 0.433 e.